The average molecular weight is 346 g/mol. The van der Waals surface area contributed by atoms with Gasteiger partial charge < -0.3 is 10.1 Å². The van der Waals surface area contributed by atoms with Crippen LogP contribution in [-0.4, -0.2) is 31.7 Å². The van der Waals surface area contributed by atoms with Gasteiger partial charge in [-0.2, -0.15) is 11.8 Å². The fourth-order valence-corrected chi connectivity index (χ4v) is 3.38. The van der Waals surface area contributed by atoms with Crippen molar-refractivity contribution in [2.45, 2.75) is 26.3 Å². The van der Waals surface area contributed by atoms with E-state index in [1.165, 1.54) is 11.3 Å². The molecule has 0 bridgehead atoms. The highest BCUT2D eigenvalue weighted by Gasteiger charge is 2.11. The summed E-state index contributed by atoms with van der Waals surface area (Å²) < 4.78 is 6.45. The first-order chi connectivity index (χ1) is 9.06. The highest BCUT2D eigenvalue weighted by atomic mass is 79.9. The maximum absolute atomic E-state index is 5.29. The maximum Gasteiger partial charge on any atom is 0.119 e. The predicted octanol–water partition coefficient (Wildman–Crippen LogP) is 3.98. The minimum absolute atomic E-state index is 0.493. The number of hydrogen-bond acceptors (Lipinski definition) is 3. The van der Waals surface area contributed by atoms with Gasteiger partial charge in [0.25, 0.3) is 0 Å². The molecule has 0 spiro atoms. The molecule has 0 aliphatic carbocycles. The lowest BCUT2D eigenvalue weighted by Crippen LogP contribution is -2.30. The van der Waals surface area contributed by atoms with E-state index in [1.807, 2.05) is 24.9 Å². The molecule has 0 amide bonds. The summed E-state index contributed by atoms with van der Waals surface area (Å²) in [7, 11) is 3.75. The third kappa shape index (κ3) is 6.19. The molecule has 1 unspecified atom stereocenters. The number of rotatable bonds is 8. The number of hydrogen-bond donors (Lipinski definition) is 1. The van der Waals surface area contributed by atoms with E-state index in [0.717, 1.165) is 28.3 Å². The highest BCUT2D eigenvalue weighted by molar-refractivity contribution is 9.10. The van der Waals surface area contributed by atoms with Crippen LogP contribution in [0.15, 0.2) is 22.7 Å². The lowest BCUT2D eigenvalue weighted by atomic mass is 10.1. The lowest BCUT2D eigenvalue weighted by Gasteiger charge is -2.18. The Labute approximate surface area is 129 Å². The monoisotopic (exact) mass is 345 g/mol. The average Bonchev–Trinajstić information content (AvgIpc) is 2.39. The van der Waals surface area contributed by atoms with Crippen LogP contribution in [0.2, 0.25) is 0 Å². The second-order valence-electron chi connectivity index (χ2n) is 5.08. The number of likely N-dealkylation sites (N-methyl/N-ethyl adjacent to an activating group) is 1. The van der Waals surface area contributed by atoms with Crippen molar-refractivity contribution in [1.82, 2.24) is 5.32 Å². The quantitative estimate of drug-likeness (QED) is 0.769. The first kappa shape index (κ1) is 16.9. The summed E-state index contributed by atoms with van der Waals surface area (Å²) in [6.45, 7) is 4.53. The molecular formula is C15H24BrNOS. The molecule has 0 aliphatic rings. The second-order valence-corrected chi connectivity index (χ2v) is 7.01. The van der Waals surface area contributed by atoms with E-state index in [-0.39, 0.29) is 0 Å². The Morgan fingerprint density at radius 1 is 1.32 bits per heavy atom. The molecule has 0 heterocycles. The molecule has 4 heteroatoms. The minimum atomic E-state index is 0.493. The van der Waals surface area contributed by atoms with Crippen molar-refractivity contribution >= 4 is 27.7 Å². The molecule has 2 nitrogen and oxygen atoms in total. The van der Waals surface area contributed by atoms with Crippen molar-refractivity contribution in [3.05, 3.63) is 28.2 Å². The van der Waals surface area contributed by atoms with E-state index in [2.05, 4.69) is 47.2 Å². The first-order valence-corrected chi connectivity index (χ1v) is 8.59. The lowest BCUT2D eigenvalue weighted by molar-refractivity contribution is 0.414. The number of nitrogens with one attached hydrogen (secondary N) is 1. The molecule has 19 heavy (non-hydrogen) atoms. The third-order valence-corrected chi connectivity index (χ3v) is 5.21. The van der Waals surface area contributed by atoms with E-state index >= 15 is 0 Å². The molecule has 0 saturated heterocycles. The van der Waals surface area contributed by atoms with Crippen LogP contribution in [-0.2, 0) is 6.42 Å². The second kappa shape index (κ2) is 8.88. The summed E-state index contributed by atoms with van der Waals surface area (Å²) in [5, 5.41) is 3.41. The van der Waals surface area contributed by atoms with Gasteiger partial charge in [-0.1, -0.05) is 29.8 Å². The molecule has 0 fully saturated rings. The molecule has 0 saturated carbocycles. The van der Waals surface area contributed by atoms with Crippen LogP contribution < -0.4 is 10.1 Å². The van der Waals surface area contributed by atoms with E-state index in [0.29, 0.717) is 6.04 Å². The summed E-state index contributed by atoms with van der Waals surface area (Å²) in [6.07, 6.45) is 1.01. The minimum Gasteiger partial charge on any atom is -0.497 e. The van der Waals surface area contributed by atoms with Crippen molar-refractivity contribution in [2.75, 3.05) is 25.7 Å². The van der Waals surface area contributed by atoms with Crippen LogP contribution in [0.1, 0.15) is 19.4 Å². The molecule has 0 aromatic heterocycles. The zero-order valence-corrected chi connectivity index (χ0v) is 14.6. The molecule has 1 aromatic rings. The van der Waals surface area contributed by atoms with Crippen molar-refractivity contribution in [2.24, 2.45) is 5.92 Å². The van der Waals surface area contributed by atoms with Gasteiger partial charge in [0.2, 0.25) is 0 Å². The molecule has 1 aromatic carbocycles. The molecule has 108 valence electrons. The number of halogens is 1. The molecule has 1 atom stereocenters. The largest absolute Gasteiger partial charge is 0.497 e. The van der Waals surface area contributed by atoms with Gasteiger partial charge in [0.1, 0.15) is 5.75 Å². The smallest absolute Gasteiger partial charge is 0.119 e. The van der Waals surface area contributed by atoms with Crippen molar-refractivity contribution in [1.29, 1.82) is 0 Å². The Kier molecular flexibility index (Phi) is 7.88. The molecule has 1 N–H and O–H groups in total. The third-order valence-electron chi connectivity index (χ3n) is 2.90. The first-order valence-electron chi connectivity index (χ1n) is 6.64. The van der Waals surface area contributed by atoms with Crippen molar-refractivity contribution < 1.29 is 4.74 Å². The number of thioether (sulfide) groups is 1. The highest BCUT2D eigenvalue weighted by Crippen LogP contribution is 2.24. The Morgan fingerprint density at radius 2 is 2.05 bits per heavy atom. The van der Waals surface area contributed by atoms with Gasteiger partial charge in [0.15, 0.2) is 0 Å². The van der Waals surface area contributed by atoms with E-state index in [4.69, 9.17) is 4.74 Å². The Bertz CT molecular complexity index is 384. The van der Waals surface area contributed by atoms with Gasteiger partial charge in [-0.15, -0.1) is 0 Å². The summed E-state index contributed by atoms with van der Waals surface area (Å²) in [5.74, 6) is 4.03. The van der Waals surface area contributed by atoms with Gasteiger partial charge in [-0.3, -0.25) is 0 Å². The van der Waals surface area contributed by atoms with Gasteiger partial charge in [0, 0.05) is 16.3 Å². The van der Waals surface area contributed by atoms with E-state index in [1.54, 1.807) is 7.11 Å². The fraction of sp³-hybridized carbons (Fsp3) is 0.600. The van der Waals surface area contributed by atoms with E-state index in [9.17, 15) is 0 Å². The number of ether oxygens (including phenoxy) is 1. The zero-order valence-electron chi connectivity index (χ0n) is 12.2. The molecular weight excluding hydrogens is 322 g/mol. The van der Waals surface area contributed by atoms with Crippen LogP contribution in [0.5, 0.6) is 5.75 Å². The summed E-state index contributed by atoms with van der Waals surface area (Å²) in [4.78, 5) is 0. The maximum atomic E-state index is 5.29. The number of benzene rings is 1. The molecule has 0 aliphatic heterocycles. The van der Waals surface area contributed by atoms with Gasteiger partial charge in [0.05, 0.1) is 7.11 Å². The van der Waals surface area contributed by atoms with Crippen molar-refractivity contribution in [3.63, 3.8) is 0 Å². The van der Waals surface area contributed by atoms with Crippen LogP contribution in [0.4, 0.5) is 0 Å². The zero-order chi connectivity index (χ0) is 14.3. The van der Waals surface area contributed by atoms with E-state index < -0.39 is 0 Å². The summed E-state index contributed by atoms with van der Waals surface area (Å²) >= 11 is 5.64. The summed E-state index contributed by atoms with van der Waals surface area (Å²) in [5.41, 5.74) is 1.30. The van der Waals surface area contributed by atoms with Crippen LogP contribution in [0, 0.1) is 5.92 Å². The standard InChI is InChI=1S/C15H24BrNOS/c1-11(2)9-19-10-13(17-3)7-12-8-14(18-4)5-6-15(12)16/h5-6,8,11,13,17H,7,9-10H2,1-4H3. The van der Waals surface area contributed by atoms with Crippen LogP contribution in [0.25, 0.3) is 0 Å². The normalized spacial score (nSPS) is 12.7. The van der Waals surface area contributed by atoms with Crippen LogP contribution >= 0.6 is 27.7 Å². The Balaban J connectivity index is 2.59. The van der Waals surface area contributed by atoms with Gasteiger partial charge in [-0.25, -0.2) is 0 Å². The summed E-state index contributed by atoms with van der Waals surface area (Å²) in [6, 6.07) is 6.64. The van der Waals surface area contributed by atoms with Crippen LogP contribution in [0.3, 0.4) is 0 Å². The van der Waals surface area contributed by atoms with Gasteiger partial charge >= 0.3 is 0 Å². The fourth-order valence-electron chi connectivity index (χ4n) is 1.79. The topological polar surface area (TPSA) is 21.3 Å². The Hall–Kier alpha value is -0.190. The van der Waals surface area contributed by atoms with Crippen molar-refractivity contribution in [3.8, 4) is 5.75 Å². The van der Waals surface area contributed by atoms with Gasteiger partial charge in [-0.05, 0) is 48.9 Å². The Morgan fingerprint density at radius 3 is 2.63 bits per heavy atom. The number of methoxy groups -OCH3 is 1. The molecule has 0 radical (unpaired) electrons. The predicted molar refractivity (Wildman–Crippen MR) is 89.4 cm³/mol. The SMILES string of the molecule is CNC(CSCC(C)C)Cc1cc(OC)ccc1Br. The molecule has 1 rings (SSSR count).